The number of benzene rings is 2. The summed E-state index contributed by atoms with van der Waals surface area (Å²) in [4.78, 5) is 23.6. The maximum Gasteiger partial charge on any atom is 0.387 e. The van der Waals surface area contributed by atoms with Crippen molar-refractivity contribution in [3.63, 3.8) is 0 Å². The third-order valence-corrected chi connectivity index (χ3v) is 6.16. The summed E-state index contributed by atoms with van der Waals surface area (Å²) >= 11 is 0. The lowest BCUT2D eigenvalue weighted by Gasteiger charge is -2.23. The van der Waals surface area contributed by atoms with Crippen LogP contribution < -0.4 is 19.7 Å². The summed E-state index contributed by atoms with van der Waals surface area (Å²) in [6.45, 7) is -2.12. The van der Waals surface area contributed by atoms with E-state index < -0.39 is 11.5 Å². The maximum atomic E-state index is 13.3. The predicted molar refractivity (Wildman–Crippen MR) is 145 cm³/mol. The predicted octanol–water partition coefficient (Wildman–Crippen LogP) is 4.89. The zero-order chi connectivity index (χ0) is 28.3. The molecule has 0 saturated heterocycles. The molecule has 0 amide bonds. The molecular formula is C26H29F2N7O4. The smallest absolute Gasteiger partial charge is 0.387 e. The summed E-state index contributed by atoms with van der Waals surface area (Å²) in [5.41, 5.74) is 2.10. The monoisotopic (exact) mass is 541 g/mol. The summed E-state index contributed by atoms with van der Waals surface area (Å²) < 4.78 is 38.7. The number of aryl methyl sites for hydroxylation is 1. The topological polar surface area (TPSA) is 111 Å². The van der Waals surface area contributed by atoms with Gasteiger partial charge < -0.3 is 29.2 Å². The molecule has 2 heterocycles. The Bertz CT molecular complexity index is 1490. The Morgan fingerprint density at radius 3 is 2.59 bits per heavy atom. The molecule has 1 N–H and O–H groups in total. The van der Waals surface area contributed by atoms with Gasteiger partial charge in [-0.15, -0.1) is 0 Å². The van der Waals surface area contributed by atoms with Gasteiger partial charge in [0.15, 0.2) is 5.75 Å². The first-order valence-electron chi connectivity index (χ1n) is 11.9. The molecule has 2 aromatic heterocycles. The number of nitro benzene ring substituents is 1. The average Bonchev–Trinajstić information content (AvgIpc) is 3.23. The zero-order valence-corrected chi connectivity index (χ0v) is 22.2. The van der Waals surface area contributed by atoms with Crippen LogP contribution in [0.25, 0.3) is 22.2 Å². The first-order chi connectivity index (χ1) is 18.6. The first kappa shape index (κ1) is 27.5. The Morgan fingerprint density at radius 1 is 1.15 bits per heavy atom. The number of alkyl halides is 2. The summed E-state index contributed by atoms with van der Waals surface area (Å²) in [7, 11) is 8.87. The van der Waals surface area contributed by atoms with Crippen LogP contribution in [0.15, 0.2) is 48.8 Å². The van der Waals surface area contributed by atoms with Crippen molar-refractivity contribution in [2.45, 2.75) is 6.61 Å². The molecule has 4 rings (SSSR count). The Labute approximate surface area is 223 Å². The van der Waals surface area contributed by atoms with E-state index in [4.69, 9.17) is 9.47 Å². The molecule has 4 aromatic rings. The molecule has 0 radical (unpaired) electrons. The van der Waals surface area contributed by atoms with Gasteiger partial charge in [-0.2, -0.15) is 8.78 Å². The lowest BCUT2D eigenvalue weighted by Crippen LogP contribution is -2.29. The van der Waals surface area contributed by atoms with Gasteiger partial charge in [-0.3, -0.25) is 10.1 Å². The Kier molecular flexibility index (Phi) is 8.10. The summed E-state index contributed by atoms with van der Waals surface area (Å²) in [5.74, 6) is 0.498. The van der Waals surface area contributed by atoms with Crippen LogP contribution in [0, 0.1) is 10.1 Å². The van der Waals surface area contributed by atoms with Crippen LogP contribution in [0.2, 0.25) is 0 Å². The molecule has 0 aliphatic heterocycles. The Hall–Kier alpha value is -4.52. The van der Waals surface area contributed by atoms with Crippen molar-refractivity contribution in [3.8, 4) is 22.8 Å². The van der Waals surface area contributed by atoms with Gasteiger partial charge in [0.2, 0.25) is 5.95 Å². The lowest BCUT2D eigenvalue weighted by atomic mass is 10.1. The van der Waals surface area contributed by atoms with E-state index in [1.807, 2.05) is 55.0 Å². The van der Waals surface area contributed by atoms with Crippen LogP contribution in [0.5, 0.6) is 11.5 Å². The molecule has 0 atom stereocenters. The van der Waals surface area contributed by atoms with Gasteiger partial charge in [0.05, 0.1) is 28.9 Å². The molecule has 0 aliphatic rings. The highest BCUT2D eigenvalue weighted by Gasteiger charge is 2.24. The van der Waals surface area contributed by atoms with Gasteiger partial charge in [0.25, 0.3) is 5.69 Å². The highest BCUT2D eigenvalue weighted by atomic mass is 19.3. The molecule has 0 bridgehead atoms. The molecule has 0 fully saturated rings. The summed E-state index contributed by atoms with van der Waals surface area (Å²) in [6.07, 6.45) is 3.42. The molecule has 0 spiro atoms. The molecule has 2 aromatic carbocycles. The van der Waals surface area contributed by atoms with E-state index in [1.54, 1.807) is 25.1 Å². The summed E-state index contributed by atoms with van der Waals surface area (Å²) in [6, 6.07) is 9.76. The van der Waals surface area contributed by atoms with Crippen LogP contribution in [0.1, 0.15) is 0 Å². The third kappa shape index (κ3) is 6.14. The quantitative estimate of drug-likeness (QED) is 0.209. The van der Waals surface area contributed by atoms with Gasteiger partial charge in [-0.25, -0.2) is 9.97 Å². The number of anilines is 3. The fourth-order valence-corrected chi connectivity index (χ4v) is 4.16. The fraction of sp³-hybridized carbons (Fsp3) is 0.308. The number of rotatable bonds is 11. The Morgan fingerprint density at radius 2 is 1.92 bits per heavy atom. The maximum absolute atomic E-state index is 13.3. The zero-order valence-electron chi connectivity index (χ0n) is 22.2. The normalized spacial score (nSPS) is 11.3. The van der Waals surface area contributed by atoms with Crippen molar-refractivity contribution < 1.29 is 23.2 Å². The van der Waals surface area contributed by atoms with E-state index >= 15 is 0 Å². The number of nitrogens with zero attached hydrogens (tertiary/aromatic N) is 6. The second kappa shape index (κ2) is 11.5. The van der Waals surface area contributed by atoms with Crippen molar-refractivity contribution in [2.75, 3.05) is 51.6 Å². The molecule has 206 valence electrons. The molecule has 13 heteroatoms. The Balaban J connectivity index is 1.73. The van der Waals surface area contributed by atoms with Crippen molar-refractivity contribution >= 4 is 33.9 Å². The number of hydrogen-bond acceptors (Lipinski definition) is 9. The van der Waals surface area contributed by atoms with Crippen LogP contribution in [-0.2, 0) is 7.05 Å². The largest absolute Gasteiger partial charge is 0.497 e. The second-order valence-electron chi connectivity index (χ2n) is 9.12. The number of nitro groups is 1. The van der Waals surface area contributed by atoms with Gasteiger partial charge in [-0.1, -0.05) is 0 Å². The van der Waals surface area contributed by atoms with Gasteiger partial charge in [0.1, 0.15) is 11.4 Å². The second-order valence-corrected chi connectivity index (χ2v) is 9.12. The van der Waals surface area contributed by atoms with E-state index in [9.17, 15) is 18.9 Å². The number of methoxy groups -OCH3 is 1. The SMILES string of the molecule is COc1ccc2c(-c3ccnc(Nc4cc([N+](=O)[O-])c(N(C)CCN(C)C)cc4OC(F)F)n3)cn(C)c2c1. The van der Waals surface area contributed by atoms with Crippen LogP contribution >= 0.6 is 0 Å². The molecule has 0 aliphatic carbocycles. The van der Waals surface area contributed by atoms with Crippen LogP contribution in [0.4, 0.5) is 31.8 Å². The number of hydrogen-bond donors (Lipinski definition) is 1. The third-order valence-electron chi connectivity index (χ3n) is 6.16. The first-order valence-corrected chi connectivity index (χ1v) is 11.9. The van der Waals surface area contributed by atoms with Gasteiger partial charge in [0, 0.05) is 68.7 Å². The van der Waals surface area contributed by atoms with Crippen molar-refractivity contribution in [2.24, 2.45) is 7.05 Å². The number of ether oxygens (including phenoxy) is 2. The van der Waals surface area contributed by atoms with Gasteiger partial charge in [-0.05, 0) is 32.3 Å². The molecule has 11 nitrogen and oxygen atoms in total. The minimum Gasteiger partial charge on any atom is -0.497 e. The van der Waals surface area contributed by atoms with Crippen LogP contribution in [0.3, 0.4) is 0 Å². The van der Waals surface area contributed by atoms with E-state index in [1.165, 1.54) is 12.3 Å². The number of fused-ring (bicyclic) bond motifs is 1. The number of likely N-dealkylation sites (N-methyl/N-ethyl adjacent to an activating group) is 2. The van der Waals surface area contributed by atoms with Crippen molar-refractivity contribution in [1.29, 1.82) is 0 Å². The van der Waals surface area contributed by atoms with Crippen LogP contribution in [-0.4, -0.2) is 72.3 Å². The fourth-order valence-electron chi connectivity index (χ4n) is 4.16. The van der Waals surface area contributed by atoms with E-state index in [2.05, 4.69) is 15.3 Å². The molecule has 39 heavy (non-hydrogen) atoms. The number of nitrogens with one attached hydrogen (secondary N) is 1. The molecule has 0 unspecified atom stereocenters. The summed E-state index contributed by atoms with van der Waals surface area (Å²) in [5, 5.41) is 15.7. The average molecular weight is 542 g/mol. The van der Waals surface area contributed by atoms with Gasteiger partial charge >= 0.3 is 6.61 Å². The molecule has 0 saturated carbocycles. The van der Waals surface area contributed by atoms with E-state index in [-0.39, 0.29) is 28.8 Å². The standard InChI is InChI=1S/C26H29F2N7O4/c1-32(2)10-11-33(3)22-14-24(39-25(27)28)20(13-23(22)35(36)37)31-26-29-9-8-19(30-26)18-15-34(4)21-12-16(38-5)6-7-17(18)21/h6-9,12-15,25H,10-11H2,1-5H3,(H,29,30,31). The van der Waals surface area contributed by atoms with Crippen molar-refractivity contribution in [3.05, 3.63) is 58.9 Å². The van der Waals surface area contributed by atoms with E-state index in [0.29, 0.717) is 24.5 Å². The minimum absolute atomic E-state index is 0.0557. The minimum atomic E-state index is -3.15. The highest BCUT2D eigenvalue weighted by Crippen LogP contribution is 2.40. The van der Waals surface area contributed by atoms with Crippen molar-refractivity contribution in [1.82, 2.24) is 19.4 Å². The highest BCUT2D eigenvalue weighted by molar-refractivity contribution is 5.96. The van der Waals surface area contributed by atoms with E-state index in [0.717, 1.165) is 22.5 Å². The molecular weight excluding hydrogens is 512 g/mol. The lowest BCUT2D eigenvalue weighted by molar-refractivity contribution is -0.384. The number of aromatic nitrogens is 3. The number of halogens is 2.